The van der Waals surface area contributed by atoms with Gasteiger partial charge in [0.2, 0.25) is 0 Å². The highest BCUT2D eigenvalue weighted by Crippen LogP contribution is 2.22. The molecule has 1 heterocycles. The van der Waals surface area contributed by atoms with Gasteiger partial charge >= 0.3 is 0 Å². The maximum atomic E-state index is 12.7. The van der Waals surface area contributed by atoms with Crippen molar-refractivity contribution in [2.24, 2.45) is 0 Å². The predicted molar refractivity (Wildman–Crippen MR) is 83.9 cm³/mol. The minimum absolute atomic E-state index is 0.00304. The molecular formula is C18H16O3. The van der Waals surface area contributed by atoms with Gasteiger partial charge in [0.25, 0.3) is 0 Å². The molecule has 0 aliphatic heterocycles. The van der Waals surface area contributed by atoms with Crippen molar-refractivity contribution in [3.05, 3.63) is 64.5 Å². The van der Waals surface area contributed by atoms with E-state index in [0.29, 0.717) is 16.5 Å². The summed E-state index contributed by atoms with van der Waals surface area (Å²) < 4.78 is 10.7. The Balaban J connectivity index is 2.18. The molecule has 0 bridgehead atoms. The third-order valence-corrected chi connectivity index (χ3v) is 3.65. The van der Waals surface area contributed by atoms with Gasteiger partial charge in [-0.15, -0.1) is 0 Å². The first-order chi connectivity index (χ1) is 10.2. The van der Waals surface area contributed by atoms with Crippen molar-refractivity contribution in [2.75, 3.05) is 7.11 Å². The summed E-state index contributed by atoms with van der Waals surface area (Å²) in [5, 5.41) is 0.627. The summed E-state index contributed by atoms with van der Waals surface area (Å²) in [6, 6.07) is 13.1. The van der Waals surface area contributed by atoms with Crippen LogP contribution < -0.4 is 10.2 Å². The van der Waals surface area contributed by atoms with E-state index in [2.05, 4.69) is 6.92 Å². The van der Waals surface area contributed by atoms with Crippen LogP contribution in [0.25, 0.3) is 22.1 Å². The Morgan fingerprint density at radius 2 is 1.86 bits per heavy atom. The Morgan fingerprint density at radius 1 is 1.10 bits per heavy atom. The molecule has 21 heavy (non-hydrogen) atoms. The lowest BCUT2D eigenvalue weighted by atomic mass is 10.0. The van der Waals surface area contributed by atoms with E-state index >= 15 is 0 Å². The molecule has 0 aliphatic carbocycles. The zero-order chi connectivity index (χ0) is 14.8. The van der Waals surface area contributed by atoms with Crippen LogP contribution in [0.4, 0.5) is 0 Å². The van der Waals surface area contributed by atoms with Gasteiger partial charge in [-0.05, 0) is 41.8 Å². The molecule has 0 saturated heterocycles. The zero-order valence-corrected chi connectivity index (χ0v) is 12.1. The lowest BCUT2D eigenvalue weighted by molar-refractivity contribution is 0.415. The molecule has 0 amide bonds. The lowest BCUT2D eigenvalue weighted by Crippen LogP contribution is -2.05. The van der Waals surface area contributed by atoms with Gasteiger partial charge in [-0.2, -0.15) is 0 Å². The van der Waals surface area contributed by atoms with Gasteiger partial charge in [0.15, 0.2) is 5.43 Å². The maximum Gasteiger partial charge on any atom is 0.200 e. The van der Waals surface area contributed by atoms with Crippen molar-refractivity contribution >= 4 is 11.0 Å². The van der Waals surface area contributed by atoms with Crippen LogP contribution in [-0.2, 0) is 6.42 Å². The first kappa shape index (κ1) is 13.4. The van der Waals surface area contributed by atoms with Crippen molar-refractivity contribution in [3.63, 3.8) is 0 Å². The minimum Gasteiger partial charge on any atom is -0.497 e. The molecule has 0 N–H and O–H groups in total. The van der Waals surface area contributed by atoms with Gasteiger partial charge in [-0.25, -0.2) is 0 Å². The average molecular weight is 280 g/mol. The Labute approximate surface area is 122 Å². The molecule has 0 spiro atoms. The second-order valence-electron chi connectivity index (χ2n) is 4.89. The Kier molecular flexibility index (Phi) is 3.48. The number of benzene rings is 2. The predicted octanol–water partition coefficient (Wildman–Crippen LogP) is 4.03. The number of rotatable bonds is 3. The van der Waals surface area contributed by atoms with Crippen molar-refractivity contribution < 1.29 is 9.15 Å². The number of aryl methyl sites for hydroxylation is 1. The van der Waals surface area contributed by atoms with Crippen LogP contribution in [0.1, 0.15) is 12.5 Å². The summed E-state index contributed by atoms with van der Waals surface area (Å²) >= 11 is 0. The standard InChI is InChI=1S/C18H16O3/c1-3-12-4-9-17-15(10-12)18(19)16(11-21-17)13-5-7-14(20-2)8-6-13/h4-11H,3H2,1-2H3. The molecule has 3 rings (SSSR count). The van der Waals surface area contributed by atoms with Crippen LogP contribution in [0.5, 0.6) is 5.75 Å². The quantitative estimate of drug-likeness (QED) is 0.727. The molecule has 0 aliphatic rings. The second-order valence-corrected chi connectivity index (χ2v) is 4.89. The van der Waals surface area contributed by atoms with Gasteiger partial charge in [0, 0.05) is 0 Å². The molecule has 0 fully saturated rings. The summed E-state index contributed by atoms with van der Waals surface area (Å²) in [4.78, 5) is 12.7. The number of methoxy groups -OCH3 is 1. The molecule has 106 valence electrons. The van der Waals surface area contributed by atoms with E-state index in [-0.39, 0.29) is 5.43 Å². The van der Waals surface area contributed by atoms with Crippen molar-refractivity contribution in [1.82, 2.24) is 0 Å². The molecule has 2 aromatic carbocycles. The van der Waals surface area contributed by atoms with Crippen LogP contribution in [0.15, 0.2) is 57.9 Å². The summed E-state index contributed by atoms with van der Waals surface area (Å²) in [7, 11) is 1.62. The SMILES string of the molecule is CCc1ccc2occ(-c3ccc(OC)cc3)c(=O)c2c1. The summed E-state index contributed by atoms with van der Waals surface area (Å²) in [5.74, 6) is 0.761. The van der Waals surface area contributed by atoms with E-state index in [0.717, 1.165) is 23.3 Å². The van der Waals surface area contributed by atoms with E-state index in [4.69, 9.17) is 9.15 Å². The fraction of sp³-hybridized carbons (Fsp3) is 0.167. The van der Waals surface area contributed by atoms with Gasteiger partial charge in [0.05, 0.1) is 18.1 Å². The van der Waals surface area contributed by atoms with Crippen molar-refractivity contribution in [2.45, 2.75) is 13.3 Å². The highest BCUT2D eigenvalue weighted by Gasteiger charge is 2.09. The molecule has 1 aromatic heterocycles. The molecular weight excluding hydrogens is 264 g/mol. The molecule has 0 saturated carbocycles. The monoisotopic (exact) mass is 280 g/mol. The van der Waals surface area contributed by atoms with Crippen molar-refractivity contribution in [1.29, 1.82) is 0 Å². The zero-order valence-electron chi connectivity index (χ0n) is 12.1. The van der Waals surface area contributed by atoms with Crippen molar-refractivity contribution in [3.8, 4) is 16.9 Å². The van der Waals surface area contributed by atoms with E-state index in [9.17, 15) is 4.79 Å². The highest BCUT2D eigenvalue weighted by atomic mass is 16.5. The first-order valence-corrected chi connectivity index (χ1v) is 6.92. The number of ether oxygens (including phenoxy) is 1. The van der Waals surface area contributed by atoms with Gasteiger partial charge < -0.3 is 9.15 Å². The molecule has 3 heteroatoms. The third-order valence-electron chi connectivity index (χ3n) is 3.65. The third kappa shape index (κ3) is 2.42. The van der Waals surface area contributed by atoms with E-state index in [1.54, 1.807) is 7.11 Å². The molecule has 3 aromatic rings. The minimum atomic E-state index is -0.00304. The Morgan fingerprint density at radius 3 is 2.52 bits per heavy atom. The largest absolute Gasteiger partial charge is 0.497 e. The van der Waals surface area contributed by atoms with Crippen LogP contribution in [0.3, 0.4) is 0 Å². The molecule has 0 atom stereocenters. The van der Waals surface area contributed by atoms with E-state index < -0.39 is 0 Å². The fourth-order valence-electron chi connectivity index (χ4n) is 2.37. The number of hydrogen-bond acceptors (Lipinski definition) is 3. The fourth-order valence-corrected chi connectivity index (χ4v) is 2.37. The van der Waals surface area contributed by atoms with Gasteiger partial charge in [-0.3, -0.25) is 4.79 Å². The Hall–Kier alpha value is -2.55. The maximum absolute atomic E-state index is 12.7. The van der Waals surface area contributed by atoms with Crippen LogP contribution >= 0.6 is 0 Å². The summed E-state index contributed by atoms with van der Waals surface area (Å²) in [5.41, 5.74) is 3.14. The normalized spacial score (nSPS) is 10.8. The lowest BCUT2D eigenvalue weighted by Gasteiger charge is -2.05. The smallest absolute Gasteiger partial charge is 0.200 e. The number of hydrogen-bond donors (Lipinski definition) is 0. The van der Waals surface area contributed by atoms with Crippen LogP contribution in [0, 0.1) is 0 Å². The average Bonchev–Trinajstić information content (AvgIpc) is 2.55. The topological polar surface area (TPSA) is 39.4 Å². The van der Waals surface area contributed by atoms with Gasteiger partial charge in [-0.1, -0.05) is 25.1 Å². The van der Waals surface area contributed by atoms with E-state index in [1.807, 2.05) is 42.5 Å². The van der Waals surface area contributed by atoms with Crippen LogP contribution in [0.2, 0.25) is 0 Å². The second kappa shape index (κ2) is 5.44. The highest BCUT2D eigenvalue weighted by molar-refractivity contribution is 5.82. The molecule has 3 nitrogen and oxygen atoms in total. The molecule has 0 radical (unpaired) electrons. The molecule has 0 unspecified atom stereocenters. The van der Waals surface area contributed by atoms with E-state index in [1.165, 1.54) is 6.26 Å². The Bertz CT molecular complexity index is 829. The summed E-state index contributed by atoms with van der Waals surface area (Å²) in [6.45, 7) is 2.07. The summed E-state index contributed by atoms with van der Waals surface area (Å²) in [6.07, 6.45) is 2.42. The number of fused-ring (bicyclic) bond motifs is 1. The first-order valence-electron chi connectivity index (χ1n) is 6.92. The van der Waals surface area contributed by atoms with Gasteiger partial charge in [0.1, 0.15) is 17.6 Å². The van der Waals surface area contributed by atoms with Crippen LogP contribution in [-0.4, -0.2) is 7.11 Å².